The van der Waals surface area contributed by atoms with Crippen LogP contribution in [0.25, 0.3) is 11.1 Å². The summed E-state index contributed by atoms with van der Waals surface area (Å²) in [6.45, 7) is 1.54. The maximum Gasteiger partial charge on any atom is 0.414 e. The second kappa shape index (κ2) is 11.2. The normalized spacial score (nSPS) is 15.0. The molecule has 1 saturated heterocycles. The second-order valence-corrected chi connectivity index (χ2v) is 7.45. The number of aromatic nitrogens is 1. The van der Waals surface area contributed by atoms with Crippen LogP contribution in [-0.4, -0.2) is 78.1 Å². The van der Waals surface area contributed by atoms with Crippen molar-refractivity contribution in [3.8, 4) is 11.1 Å². The van der Waals surface area contributed by atoms with Crippen LogP contribution in [0.4, 0.5) is 20.7 Å². The molecule has 1 atom stereocenters. The summed E-state index contributed by atoms with van der Waals surface area (Å²) in [7, 11) is 0. The molecule has 0 radical (unpaired) electrons. The van der Waals surface area contributed by atoms with Crippen molar-refractivity contribution < 1.29 is 28.6 Å². The van der Waals surface area contributed by atoms with Crippen LogP contribution in [0.1, 0.15) is 6.92 Å². The van der Waals surface area contributed by atoms with E-state index in [1.807, 2.05) is 0 Å². The average Bonchev–Trinajstić information content (AvgIpc) is 3.21. The number of ether oxygens (including phenoxy) is 1. The summed E-state index contributed by atoms with van der Waals surface area (Å²) < 4.78 is 20.1. The Bertz CT molecular complexity index is 1060. The number of nitrogens with one attached hydrogen (secondary N) is 3. The molecule has 1 aromatic heterocycles. The molecular weight excluding hydrogens is 447 g/mol. The maximum atomic E-state index is 14.8. The van der Waals surface area contributed by atoms with Gasteiger partial charge < -0.3 is 20.5 Å². The Kier molecular flexibility index (Phi) is 8.09. The van der Waals surface area contributed by atoms with Gasteiger partial charge in [-0.05, 0) is 30.3 Å². The molecule has 34 heavy (non-hydrogen) atoms. The lowest BCUT2D eigenvalue weighted by molar-refractivity contribution is -0.130. The Morgan fingerprint density at radius 2 is 2.18 bits per heavy atom. The van der Waals surface area contributed by atoms with Crippen molar-refractivity contribution in [2.24, 2.45) is 0 Å². The van der Waals surface area contributed by atoms with E-state index in [0.717, 1.165) is 11.2 Å². The van der Waals surface area contributed by atoms with Gasteiger partial charge in [0.15, 0.2) is 0 Å². The molecule has 2 heterocycles. The van der Waals surface area contributed by atoms with Gasteiger partial charge in [0.1, 0.15) is 24.3 Å². The Morgan fingerprint density at radius 3 is 2.79 bits per heavy atom. The Labute approximate surface area is 195 Å². The first-order valence-electron chi connectivity index (χ1n) is 10.5. The number of anilines is 2. The predicted molar refractivity (Wildman–Crippen MR) is 122 cm³/mol. The molecule has 1 fully saturated rings. The second-order valence-electron chi connectivity index (χ2n) is 7.45. The van der Waals surface area contributed by atoms with E-state index in [0.29, 0.717) is 29.2 Å². The van der Waals surface area contributed by atoms with Crippen LogP contribution in [-0.2, 0) is 14.3 Å². The van der Waals surface area contributed by atoms with E-state index < -0.39 is 30.5 Å². The molecule has 180 valence electrons. The molecule has 0 bridgehead atoms. The van der Waals surface area contributed by atoms with E-state index in [1.165, 1.54) is 24.1 Å². The van der Waals surface area contributed by atoms with Gasteiger partial charge in [0.25, 0.3) is 5.91 Å². The lowest BCUT2D eigenvalue weighted by Crippen LogP contribution is -2.35. The molecule has 1 aliphatic heterocycles. The van der Waals surface area contributed by atoms with Crippen LogP contribution in [0.3, 0.4) is 0 Å². The molecule has 12 heteroatoms. The molecule has 3 rings (SSSR count). The third-order valence-electron chi connectivity index (χ3n) is 5.06. The molecule has 4 N–H and O–H groups in total. The molecule has 0 spiro atoms. The minimum Gasteiger partial charge on any atom is -0.442 e. The van der Waals surface area contributed by atoms with Gasteiger partial charge >= 0.3 is 6.09 Å². The van der Waals surface area contributed by atoms with Crippen molar-refractivity contribution in [2.45, 2.75) is 13.0 Å². The number of hydrogen-bond donors (Lipinski definition) is 4. The molecule has 1 unspecified atom stereocenters. The van der Waals surface area contributed by atoms with Crippen molar-refractivity contribution >= 4 is 35.8 Å². The molecule has 2 aromatic rings. The minimum absolute atomic E-state index is 0.174. The minimum atomic E-state index is -0.677. The van der Waals surface area contributed by atoms with E-state index in [-0.39, 0.29) is 25.5 Å². The summed E-state index contributed by atoms with van der Waals surface area (Å²) in [5.41, 5.74) is 1.17. The van der Waals surface area contributed by atoms with Crippen LogP contribution in [0.2, 0.25) is 0 Å². The largest absolute Gasteiger partial charge is 0.442 e. The first-order chi connectivity index (χ1) is 16.3. The highest BCUT2D eigenvalue weighted by Gasteiger charge is 2.32. The summed E-state index contributed by atoms with van der Waals surface area (Å²) in [5, 5.41) is 21.6. The monoisotopic (exact) mass is 472 g/mol. The number of halogens is 1. The molecule has 0 aliphatic carbocycles. The number of aliphatic hydroxyl groups is 1. The van der Waals surface area contributed by atoms with Crippen LogP contribution >= 0.6 is 0 Å². The van der Waals surface area contributed by atoms with Crippen LogP contribution < -0.4 is 15.5 Å². The first kappa shape index (κ1) is 24.6. The predicted octanol–water partition coefficient (Wildman–Crippen LogP) is 1.19. The Hall–Kier alpha value is -4.06. The number of pyridine rings is 1. The molecule has 0 saturated carbocycles. The van der Waals surface area contributed by atoms with Crippen LogP contribution in [0.5, 0.6) is 0 Å². The number of carbonyl (C=O) groups excluding carboxylic acids is 3. The zero-order chi connectivity index (χ0) is 24.7. The highest BCUT2D eigenvalue weighted by Crippen LogP contribution is 2.29. The zero-order valence-corrected chi connectivity index (χ0v) is 18.5. The van der Waals surface area contributed by atoms with Crippen molar-refractivity contribution in [1.29, 1.82) is 5.41 Å². The Morgan fingerprint density at radius 1 is 1.38 bits per heavy atom. The summed E-state index contributed by atoms with van der Waals surface area (Å²) in [5.74, 6) is -0.858. The maximum absolute atomic E-state index is 14.8. The highest BCUT2D eigenvalue weighted by molar-refractivity contribution is 5.90. The number of amides is 3. The van der Waals surface area contributed by atoms with Gasteiger partial charge in [-0.1, -0.05) is 0 Å². The molecule has 1 aliphatic rings. The van der Waals surface area contributed by atoms with E-state index >= 15 is 0 Å². The summed E-state index contributed by atoms with van der Waals surface area (Å²) >= 11 is 0. The Balaban J connectivity index is 1.61. The number of hydrogen-bond acceptors (Lipinski definition) is 8. The van der Waals surface area contributed by atoms with Crippen LogP contribution in [0, 0.1) is 11.2 Å². The smallest absolute Gasteiger partial charge is 0.414 e. The molecular formula is C22H25FN6O5. The van der Waals surface area contributed by atoms with Gasteiger partial charge in [-0.25, -0.2) is 14.2 Å². The summed E-state index contributed by atoms with van der Waals surface area (Å²) in [4.78, 5) is 41.2. The van der Waals surface area contributed by atoms with Crippen molar-refractivity contribution in [2.75, 3.05) is 43.0 Å². The van der Waals surface area contributed by atoms with Gasteiger partial charge in [-0.2, -0.15) is 0 Å². The number of nitrogens with zero attached hydrogens (tertiary/aromatic N) is 3. The standard InChI is InChI=1S/C22H25FN6O5/c1-14(31)26-10-17-11-29(22(33)34-17)16-3-4-18(19(23)8-16)15-2-5-20(27-9-15)25-6-7-28(13-24)21(32)12-30/h2-5,8-9,13,17,24,30H,6-7,10-12H2,1H3,(H,25,27)(H,26,31). The zero-order valence-electron chi connectivity index (χ0n) is 18.5. The third-order valence-corrected chi connectivity index (χ3v) is 5.06. The van der Waals surface area contributed by atoms with E-state index in [2.05, 4.69) is 15.6 Å². The lowest BCUT2D eigenvalue weighted by atomic mass is 10.1. The topological polar surface area (TPSA) is 148 Å². The fourth-order valence-corrected chi connectivity index (χ4v) is 3.32. The SMILES string of the molecule is CC(=O)NCC1CN(c2ccc(-c3ccc(NCCN(C=N)C(=O)CO)nc3)c(F)c2)C(=O)O1. The van der Waals surface area contributed by atoms with Gasteiger partial charge in [-0.3, -0.25) is 24.8 Å². The first-order valence-corrected chi connectivity index (χ1v) is 10.5. The fraction of sp³-hybridized carbons (Fsp3) is 0.318. The third kappa shape index (κ3) is 6.04. The van der Waals surface area contributed by atoms with E-state index in [1.54, 1.807) is 24.3 Å². The average molecular weight is 472 g/mol. The van der Waals surface area contributed by atoms with Crippen molar-refractivity contribution in [3.05, 3.63) is 42.3 Å². The van der Waals surface area contributed by atoms with Gasteiger partial charge in [-0.15, -0.1) is 0 Å². The fourth-order valence-electron chi connectivity index (χ4n) is 3.32. The number of benzene rings is 1. The lowest BCUT2D eigenvalue weighted by Gasteiger charge is -2.16. The van der Waals surface area contributed by atoms with Gasteiger partial charge in [0.2, 0.25) is 5.91 Å². The molecule has 11 nitrogen and oxygen atoms in total. The van der Waals surface area contributed by atoms with Crippen LogP contribution in [0.15, 0.2) is 36.5 Å². The number of carbonyl (C=O) groups is 3. The van der Waals surface area contributed by atoms with E-state index in [9.17, 15) is 18.8 Å². The quantitative estimate of drug-likeness (QED) is 0.300. The molecule has 1 aromatic carbocycles. The van der Waals surface area contributed by atoms with Crippen molar-refractivity contribution in [1.82, 2.24) is 15.2 Å². The van der Waals surface area contributed by atoms with Gasteiger partial charge in [0.05, 0.1) is 25.1 Å². The highest BCUT2D eigenvalue weighted by atomic mass is 19.1. The van der Waals surface area contributed by atoms with Crippen molar-refractivity contribution in [3.63, 3.8) is 0 Å². The summed E-state index contributed by atoms with van der Waals surface area (Å²) in [6.07, 6.45) is 1.20. The number of cyclic esters (lactones) is 1. The summed E-state index contributed by atoms with van der Waals surface area (Å²) in [6, 6.07) is 7.72. The van der Waals surface area contributed by atoms with Gasteiger partial charge in [0, 0.05) is 37.3 Å². The number of aliphatic hydroxyl groups excluding tert-OH is 1. The van der Waals surface area contributed by atoms with E-state index in [4.69, 9.17) is 15.3 Å². The molecule has 3 amide bonds. The number of rotatable bonds is 10.